The highest BCUT2D eigenvalue weighted by molar-refractivity contribution is 5.31. The maximum absolute atomic E-state index is 5.69. The summed E-state index contributed by atoms with van der Waals surface area (Å²) in [7, 11) is 1.67. The number of methoxy groups -OCH3 is 1. The first kappa shape index (κ1) is 11.8. The Labute approximate surface area is 103 Å². The predicted molar refractivity (Wildman–Crippen MR) is 69.6 cm³/mol. The fraction of sp³-hybridized carbons (Fsp3) is 0.333. The van der Waals surface area contributed by atoms with Crippen molar-refractivity contribution in [2.75, 3.05) is 13.7 Å². The van der Waals surface area contributed by atoms with Crippen molar-refractivity contribution in [2.45, 2.75) is 19.3 Å². The summed E-state index contributed by atoms with van der Waals surface area (Å²) in [5.41, 5.74) is 1.47. The fourth-order valence-electron chi connectivity index (χ4n) is 1.83. The quantitative estimate of drug-likeness (QED) is 0.717. The van der Waals surface area contributed by atoms with E-state index >= 15 is 0 Å². The van der Waals surface area contributed by atoms with Crippen LogP contribution in [0, 0.1) is 0 Å². The van der Waals surface area contributed by atoms with E-state index < -0.39 is 0 Å². The van der Waals surface area contributed by atoms with E-state index in [4.69, 9.17) is 9.47 Å². The molecule has 0 radical (unpaired) electrons. The monoisotopic (exact) mass is 230 g/mol. The van der Waals surface area contributed by atoms with Crippen LogP contribution in [0.4, 0.5) is 0 Å². The van der Waals surface area contributed by atoms with Crippen LogP contribution in [0.3, 0.4) is 0 Å². The molecule has 1 aliphatic carbocycles. The van der Waals surface area contributed by atoms with E-state index in [0.717, 1.165) is 37.4 Å². The Morgan fingerprint density at radius 3 is 2.47 bits per heavy atom. The molecule has 0 N–H and O–H groups in total. The molecule has 2 nitrogen and oxygen atoms in total. The Morgan fingerprint density at radius 1 is 1.06 bits per heavy atom. The van der Waals surface area contributed by atoms with Crippen LogP contribution in [0.2, 0.25) is 0 Å². The van der Waals surface area contributed by atoms with E-state index in [1.165, 1.54) is 5.57 Å². The van der Waals surface area contributed by atoms with Gasteiger partial charge in [-0.15, -0.1) is 0 Å². The molecule has 0 saturated heterocycles. The molecule has 0 aliphatic heterocycles. The van der Waals surface area contributed by atoms with Gasteiger partial charge in [-0.3, -0.25) is 0 Å². The molecule has 0 unspecified atom stereocenters. The average molecular weight is 230 g/mol. The van der Waals surface area contributed by atoms with Crippen LogP contribution in [-0.2, 0) is 0 Å². The zero-order valence-electron chi connectivity index (χ0n) is 10.2. The van der Waals surface area contributed by atoms with Crippen molar-refractivity contribution in [2.24, 2.45) is 0 Å². The van der Waals surface area contributed by atoms with E-state index in [-0.39, 0.29) is 0 Å². The highest BCUT2D eigenvalue weighted by Crippen LogP contribution is 2.19. The minimum atomic E-state index is 0.742. The van der Waals surface area contributed by atoms with Gasteiger partial charge in [0.1, 0.15) is 11.5 Å². The molecule has 17 heavy (non-hydrogen) atoms. The van der Waals surface area contributed by atoms with Gasteiger partial charge in [-0.05, 0) is 37.1 Å². The van der Waals surface area contributed by atoms with Crippen molar-refractivity contribution in [3.05, 3.63) is 48.1 Å². The van der Waals surface area contributed by atoms with Gasteiger partial charge in [0.05, 0.1) is 13.7 Å². The van der Waals surface area contributed by atoms with E-state index in [1.54, 1.807) is 7.11 Å². The first-order valence-corrected chi connectivity index (χ1v) is 5.98. The number of hydrogen-bond donors (Lipinski definition) is 0. The molecular formula is C15H18O2. The number of benzene rings is 1. The molecule has 2 rings (SSSR count). The summed E-state index contributed by atoms with van der Waals surface area (Å²) in [5, 5.41) is 0. The molecule has 0 heterocycles. The summed E-state index contributed by atoms with van der Waals surface area (Å²) < 4.78 is 10.8. The van der Waals surface area contributed by atoms with Gasteiger partial charge in [0.2, 0.25) is 0 Å². The van der Waals surface area contributed by atoms with Crippen molar-refractivity contribution in [1.82, 2.24) is 0 Å². The lowest BCUT2D eigenvalue weighted by Gasteiger charge is -2.10. The topological polar surface area (TPSA) is 18.5 Å². The van der Waals surface area contributed by atoms with Crippen molar-refractivity contribution in [1.29, 1.82) is 0 Å². The Hall–Kier alpha value is -1.70. The van der Waals surface area contributed by atoms with E-state index in [1.807, 2.05) is 24.3 Å². The van der Waals surface area contributed by atoms with E-state index in [0.29, 0.717) is 0 Å². The lowest BCUT2D eigenvalue weighted by Crippen LogP contribution is -2.00. The molecule has 0 fully saturated rings. The number of rotatable bonds is 5. The summed E-state index contributed by atoms with van der Waals surface area (Å²) >= 11 is 0. The van der Waals surface area contributed by atoms with Gasteiger partial charge >= 0.3 is 0 Å². The second-order valence-corrected chi connectivity index (χ2v) is 4.05. The molecule has 90 valence electrons. The second-order valence-electron chi connectivity index (χ2n) is 4.05. The largest absolute Gasteiger partial charge is 0.497 e. The Balaban J connectivity index is 1.75. The zero-order valence-corrected chi connectivity index (χ0v) is 10.2. The molecule has 1 aliphatic rings. The Kier molecular flexibility index (Phi) is 4.25. The van der Waals surface area contributed by atoms with E-state index in [2.05, 4.69) is 18.2 Å². The van der Waals surface area contributed by atoms with Gasteiger partial charge in [-0.1, -0.05) is 23.8 Å². The van der Waals surface area contributed by atoms with Gasteiger partial charge in [-0.25, -0.2) is 0 Å². The normalized spacial score (nSPS) is 14.3. The van der Waals surface area contributed by atoms with Crippen LogP contribution >= 0.6 is 0 Å². The first-order chi connectivity index (χ1) is 8.38. The van der Waals surface area contributed by atoms with Crippen molar-refractivity contribution >= 4 is 0 Å². The number of allylic oxidation sites excluding steroid dienone is 3. The van der Waals surface area contributed by atoms with Gasteiger partial charge in [0.25, 0.3) is 0 Å². The predicted octanol–water partition coefficient (Wildman–Crippen LogP) is 3.74. The van der Waals surface area contributed by atoms with Crippen LogP contribution in [-0.4, -0.2) is 13.7 Å². The maximum Gasteiger partial charge on any atom is 0.119 e. The summed E-state index contributed by atoms with van der Waals surface area (Å²) in [6, 6.07) is 7.71. The third-order valence-corrected chi connectivity index (χ3v) is 2.84. The van der Waals surface area contributed by atoms with Crippen molar-refractivity contribution < 1.29 is 9.47 Å². The van der Waals surface area contributed by atoms with Gasteiger partial charge in [-0.2, -0.15) is 0 Å². The zero-order chi connectivity index (χ0) is 11.9. The second kappa shape index (κ2) is 6.14. The van der Waals surface area contributed by atoms with Crippen LogP contribution in [0.15, 0.2) is 48.1 Å². The Morgan fingerprint density at radius 2 is 1.82 bits per heavy atom. The molecule has 0 saturated carbocycles. The summed E-state index contributed by atoms with van der Waals surface area (Å²) in [5.74, 6) is 1.76. The van der Waals surface area contributed by atoms with Gasteiger partial charge in [0.15, 0.2) is 0 Å². The molecular weight excluding hydrogens is 212 g/mol. The van der Waals surface area contributed by atoms with Crippen LogP contribution in [0.25, 0.3) is 0 Å². The highest BCUT2D eigenvalue weighted by atomic mass is 16.5. The van der Waals surface area contributed by atoms with Gasteiger partial charge < -0.3 is 9.47 Å². The molecule has 0 spiro atoms. The lowest BCUT2D eigenvalue weighted by molar-refractivity contribution is 0.319. The first-order valence-electron chi connectivity index (χ1n) is 5.98. The third-order valence-electron chi connectivity index (χ3n) is 2.84. The minimum Gasteiger partial charge on any atom is -0.497 e. The number of ether oxygens (including phenoxy) is 2. The van der Waals surface area contributed by atoms with Crippen LogP contribution < -0.4 is 9.47 Å². The minimum absolute atomic E-state index is 0.742. The molecule has 1 aromatic rings. The van der Waals surface area contributed by atoms with Crippen LogP contribution in [0.1, 0.15) is 19.3 Å². The third kappa shape index (κ3) is 3.66. The summed E-state index contributed by atoms with van der Waals surface area (Å²) in [6.07, 6.45) is 9.87. The standard InChI is InChI=1S/C15H18O2/c1-16-14-7-9-15(10-8-14)17-12-11-13-5-3-2-4-6-13/h2-3,6-10H,4-5,11-12H2,1H3. The summed E-state index contributed by atoms with van der Waals surface area (Å²) in [4.78, 5) is 0. The molecule has 0 amide bonds. The summed E-state index contributed by atoms with van der Waals surface area (Å²) in [6.45, 7) is 0.742. The molecule has 0 bridgehead atoms. The van der Waals surface area contributed by atoms with Gasteiger partial charge in [0, 0.05) is 6.42 Å². The van der Waals surface area contributed by atoms with E-state index in [9.17, 15) is 0 Å². The highest BCUT2D eigenvalue weighted by Gasteiger charge is 2.00. The molecule has 0 aromatic heterocycles. The van der Waals surface area contributed by atoms with Crippen molar-refractivity contribution in [3.63, 3.8) is 0 Å². The Bertz CT molecular complexity index is 401. The smallest absolute Gasteiger partial charge is 0.119 e. The van der Waals surface area contributed by atoms with Crippen molar-refractivity contribution in [3.8, 4) is 11.5 Å². The average Bonchev–Trinajstić information content (AvgIpc) is 2.41. The van der Waals surface area contributed by atoms with Crippen LogP contribution in [0.5, 0.6) is 11.5 Å². The molecule has 2 heteroatoms. The maximum atomic E-state index is 5.69. The lowest BCUT2D eigenvalue weighted by atomic mass is 10.0. The molecule has 1 aromatic carbocycles. The fourth-order valence-corrected chi connectivity index (χ4v) is 1.83. The molecule has 0 atom stereocenters. The SMILES string of the molecule is COc1ccc(OCCC2=CCC=CC2)cc1. The number of hydrogen-bond acceptors (Lipinski definition) is 2.